The Morgan fingerprint density at radius 2 is 0.704 bits per heavy atom. The molecule has 3 heterocycles. The molecule has 0 aliphatic rings. The fourth-order valence-corrected chi connectivity index (χ4v) is 6.28. The maximum absolute atomic E-state index is 6.56. The van der Waals surface area contributed by atoms with E-state index in [-0.39, 0.29) is 0 Å². The van der Waals surface area contributed by atoms with Crippen LogP contribution in [0.5, 0.6) is 17.2 Å². The molecule has 0 saturated carbocycles. The van der Waals surface area contributed by atoms with E-state index in [0.29, 0.717) is 57.1 Å². The molecule has 0 spiro atoms. The van der Waals surface area contributed by atoms with Crippen molar-refractivity contribution in [2.24, 2.45) is 21.1 Å². The van der Waals surface area contributed by atoms with Gasteiger partial charge in [0.05, 0.1) is 96.6 Å². The SMILES string of the molecule is COc1ccc(COCc2cnc(C(OC)(c3ncc(COCc4ccc(OC)cc4)n3C)c3ncc(COCc4ccc(OC)cc4)n3C)n2C)cc1. The maximum atomic E-state index is 6.56. The van der Waals surface area contributed by atoms with Crippen LogP contribution in [0, 0.1) is 0 Å². The molecule has 6 aromatic rings. The summed E-state index contributed by atoms with van der Waals surface area (Å²) in [6, 6.07) is 23.5. The van der Waals surface area contributed by atoms with Crippen molar-refractivity contribution in [3.8, 4) is 17.2 Å². The van der Waals surface area contributed by atoms with Gasteiger partial charge in [-0.3, -0.25) is 0 Å². The van der Waals surface area contributed by atoms with E-state index in [1.807, 2.05) is 108 Å². The summed E-state index contributed by atoms with van der Waals surface area (Å²) in [5, 5.41) is 0. The van der Waals surface area contributed by atoms with Crippen LogP contribution in [0.2, 0.25) is 0 Å². The standard InChI is InChI=1S/C41H48N6O7/c1-45-32(26-52-23-29-8-14-35(48-4)15-9-29)20-42-38(45)41(51-7,39-43-21-33(46(39)2)27-53-24-30-10-16-36(49-5)17-11-30)40-44-22-34(47(40)3)28-54-25-31-12-18-37(50-6)19-13-31/h8-22H,23-28H2,1-7H3. The molecule has 0 unspecified atom stereocenters. The van der Waals surface area contributed by atoms with Crippen LogP contribution in [0.25, 0.3) is 0 Å². The van der Waals surface area contributed by atoms with Gasteiger partial charge < -0.3 is 46.9 Å². The van der Waals surface area contributed by atoms with Gasteiger partial charge >= 0.3 is 0 Å². The summed E-state index contributed by atoms with van der Waals surface area (Å²) in [6.45, 7) is 2.26. The average molecular weight is 737 g/mol. The summed E-state index contributed by atoms with van der Waals surface area (Å²) in [5.41, 5.74) is 4.35. The van der Waals surface area contributed by atoms with Crippen LogP contribution in [0.1, 0.15) is 51.2 Å². The molecule has 0 aliphatic heterocycles. The summed E-state index contributed by atoms with van der Waals surface area (Å²) in [4.78, 5) is 14.8. The zero-order valence-electron chi connectivity index (χ0n) is 31.9. The molecule has 0 atom stereocenters. The van der Waals surface area contributed by atoms with Gasteiger partial charge in [0, 0.05) is 28.3 Å². The Bertz CT molecular complexity index is 1850. The third-order valence-electron chi connectivity index (χ3n) is 9.54. The second-order valence-electron chi connectivity index (χ2n) is 12.8. The van der Waals surface area contributed by atoms with Gasteiger partial charge in [-0.15, -0.1) is 0 Å². The van der Waals surface area contributed by atoms with Crippen molar-refractivity contribution in [1.29, 1.82) is 0 Å². The highest BCUT2D eigenvalue weighted by atomic mass is 16.5. The molecule has 0 N–H and O–H groups in total. The number of hydrogen-bond donors (Lipinski definition) is 0. The Morgan fingerprint density at radius 1 is 0.426 bits per heavy atom. The van der Waals surface area contributed by atoms with Crippen LogP contribution in [-0.4, -0.2) is 57.1 Å². The molecule has 13 nitrogen and oxygen atoms in total. The first-order valence-corrected chi connectivity index (χ1v) is 17.5. The molecule has 0 amide bonds. The number of aromatic nitrogens is 6. The summed E-state index contributed by atoms with van der Waals surface area (Å²) in [7, 11) is 12.5. The number of imidazole rings is 3. The first kappa shape index (κ1) is 38.3. The summed E-state index contributed by atoms with van der Waals surface area (Å²) in [6.07, 6.45) is 5.42. The average Bonchev–Trinajstić information content (AvgIpc) is 3.89. The highest BCUT2D eigenvalue weighted by Crippen LogP contribution is 2.39. The molecule has 0 saturated heterocycles. The predicted molar refractivity (Wildman–Crippen MR) is 201 cm³/mol. The molecule has 0 aliphatic carbocycles. The minimum Gasteiger partial charge on any atom is -0.497 e. The summed E-state index contributed by atoms with van der Waals surface area (Å²) >= 11 is 0. The third-order valence-corrected chi connectivity index (χ3v) is 9.54. The molecule has 0 bridgehead atoms. The van der Waals surface area contributed by atoms with Crippen molar-refractivity contribution in [2.75, 3.05) is 28.4 Å². The van der Waals surface area contributed by atoms with Gasteiger partial charge in [0.15, 0.2) is 17.5 Å². The maximum Gasteiger partial charge on any atom is 0.241 e. The highest BCUT2D eigenvalue weighted by Gasteiger charge is 2.48. The van der Waals surface area contributed by atoms with E-state index in [9.17, 15) is 0 Å². The number of ether oxygens (including phenoxy) is 7. The minimum absolute atomic E-state index is 0.325. The number of nitrogens with zero attached hydrogens (tertiary/aromatic N) is 6. The smallest absolute Gasteiger partial charge is 0.241 e. The quantitative estimate of drug-likeness (QED) is 0.0980. The minimum atomic E-state index is -1.32. The van der Waals surface area contributed by atoms with Crippen LogP contribution < -0.4 is 14.2 Å². The van der Waals surface area contributed by atoms with Crippen LogP contribution in [0.15, 0.2) is 91.4 Å². The lowest BCUT2D eigenvalue weighted by Crippen LogP contribution is -2.40. The lowest BCUT2D eigenvalue weighted by Gasteiger charge is -2.31. The molecule has 284 valence electrons. The van der Waals surface area contributed by atoms with Gasteiger partial charge in [-0.05, 0) is 53.1 Å². The van der Waals surface area contributed by atoms with Crippen LogP contribution in [0.3, 0.4) is 0 Å². The van der Waals surface area contributed by atoms with Gasteiger partial charge in [-0.2, -0.15) is 0 Å². The number of benzene rings is 3. The zero-order valence-corrected chi connectivity index (χ0v) is 31.9. The fourth-order valence-electron chi connectivity index (χ4n) is 6.28. The van der Waals surface area contributed by atoms with Gasteiger partial charge in [-0.1, -0.05) is 36.4 Å². The monoisotopic (exact) mass is 736 g/mol. The first-order valence-electron chi connectivity index (χ1n) is 17.5. The first-order chi connectivity index (χ1) is 26.3. The molecule has 6 rings (SSSR count). The molecule has 0 fully saturated rings. The van der Waals surface area contributed by atoms with E-state index in [4.69, 9.17) is 48.1 Å². The summed E-state index contributed by atoms with van der Waals surface area (Å²) in [5.74, 6) is 4.17. The largest absolute Gasteiger partial charge is 0.497 e. The van der Waals surface area contributed by atoms with Crippen molar-refractivity contribution >= 4 is 0 Å². The topological polar surface area (TPSA) is 118 Å². The molecule has 13 heteroatoms. The van der Waals surface area contributed by atoms with E-state index in [1.165, 1.54) is 0 Å². The highest BCUT2D eigenvalue weighted by molar-refractivity contribution is 5.35. The number of rotatable bonds is 19. The van der Waals surface area contributed by atoms with Crippen molar-refractivity contribution in [1.82, 2.24) is 28.7 Å². The van der Waals surface area contributed by atoms with Crippen molar-refractivity contribution in [3.05, 3.63) is 143 Å². The third kappa shape index (κ3) is 8.19. The molecular weight excluding hydrogens is 688 g/mol. The molecule has 3 aromatic heterocycles. The number of methoxy groups -OCH3 is 4. The van der Waals surface area contributed by atoms with Crippen LogP contribution >= 0.6 is 0 Å². The molecule has 54 heavy (non-hydrogen) atoms. The second-order valence-corrected chi connectivity index (χ2v) is 12.8. The van der Waals surface area contributed by atoms with Gasteiger partial charge in [0.2, 0.25) is 5.60 Å². The van der Waals surface area contributed by atoms with Gasteiger partial charge in [0.1, 0.15) is 17.2 Å². The Labute approximate surface area is 316 Å². The molecular formula is C41H48N6O7. The van der Waals surface area contributed by atoms with E-state index in [2.05, 4.69) is 0 Å². The van der Waals surface area contributed by atoms with E-state index < -0.39 is 5.60 Å². The molecule has 3 aromatic carbocycles. The van der Waals surface area contributed by atoms with E-state index in [1.54, 1.807) is 47.0 Å². The van der Waals surface area contributed by atoms with Crippen molar-refractivity contribution < 1.29 is 33.2 Å². The molecule has 0 radical (unpaired) electrons. The van der Waals surface area contributed by atoms with Crippen molar-refractivity contribution in [2.45, 2.75) is 45.2 Å². The Morgan fingerprint density at radius 3 is 0.944 bits per heavy atom. The fraction of sp³-hybridized carbons (Fsp3) is 0.341. The normalized spacial score (nSPS) is 11.6. The predicted octanol–water partition coefficient (Wildman–Crippen LogP) is 6.00. The lowest BCUT2D eigenvalue weighted by molar-refractivity contribution is 0.0266. The zero-order chi connectivity index (χ0) is 38.1. The Hall–Kier alpha value is -5.47. The van der Waals surface area contributed by atoms with Crippen LogP contribution in [0.4, 0.5) is 0 Å². The Kier molecular flexibility index (Phi) is 12.4. The van der Waals surface area contributed by atoms with Crippen molar-refractivity contribution in [3.63, 3.8) is 0 Å². The lowest BCUT2D eigenvalue weighted by atomic mass is 9.99. The van der Waals surface area contributed by atoms with E-state index in [0.717, 1.165) is 51.0 Å². The second kappa shape index (κ2) is 17.6. The Balaban J connectivity index is 1.27. The van der Waals surface area contributed by atoms with E-state index >= 15 is 0 Å². The van der Waals surface area contributed by atoms with Gasteiger partial charge in [0.25, 0.3) is 0 Å². The summed E-state index contributed by atoms with van der Waals surface area (Å²) < 4.78 is 46.8. The van der Waals surface area contributed by atoms with Gasteiger partial charge in [-0.25, -0.2) is 15.0 Å². The van der Waals surface area contributed by atoms with Crippen LogP contribution in [-0.2, 0) is 85.3 Å². The number of hydrogen-bond acceptors (Lipinski definition) is 10.